The molecule has 3 aromatic rings. The number of hydrogen-bond donors (Lipinski definition) is 3. The molecule has 2 heterocycles. The summed E-state index contributed by atoms with van der Waals surface area (Å²) in [7, 11) is -1.70. The van der Waals surface area contributed by atoms with E-state index < -0.39 is 27.7 Å². The van der Waals surface area contributed by atoms with Gasteiger partial charge in [-0.05, 0) is 54.1 Å². The predicted molar refractivity (Wildman–Crippen MR) is 146 cm³/mol. The maximum absolute atomic E-state index is 13.1. The molecule has 2 aliphatic heterocycles. The minimum atomic E-state index is -3.28. The van der Waals surface area contributed by atoms with Gasteiger partial charge in [0.25, 0.3) is 5.91 Å². The highest BCUT2D eigenvalue weighted by Gasteiger charge is 2.39. The first-order valence-electron chi connectivity index (χ1n) is 12.6. The number of methoxy groups -OCH3 is 1. The Hall–Kier alpha value is -4.09. The quantitative estimate of drug-likeness (QED) is 0.302. The largest absolute Gasteiger partial charge is 0.497 e. The number of fused-ring (bicyclic) bond motifs is 1. The zero-order valence-electron chi connectivity index (χ0n) is 21.4. The summed E-state index contributed by atoms with van der Waals surface area (Å²) >= 11 is 0. The Morgan fingerprint density at radius 1 is 1.00 bits per heavy atom. The third-order valence-electron chi connectivity index (χ3n) is 7.28. The number of hydroxylamine groups is 1. The maximum atomic E-state index is 13.1. The van der Waals surface area contributed by atoms with Gasteiger partial charge in [0.1, 0.15) is 5.75 Å². The summed E-state index contributed by atoms with van der Waals surface area (Å²) in [5.74, 6) is -0.757. The Balaban J connectivity index is 1.26. The van der Waals surface area contributed by atoms with E-state index in [2.05, 4.69) is 5.32 Å². The van der Waals surface area contributed by atoms with Crippen molar-refractivity contribution in [3.63, 3.8) is 0 Å². The summed E-state index contributed by atoms with van der Waals surface area (Å²) in [4.78, 5) is 29.8. The lowest BCUT2D eigenvalue weighted by molar-refractivity contribution is -0.133. The third kappa shape index (κ3) is 5.55. The number of rotatable bonds is 7. The number of ether oxygens (including phenoxy) is 1. The first-order chi connectivity index (χ1) is 18.8. The van der Waals surface area contributed by atoms with Gasteiger partial charge in [0.05, 0.1) is 35.4 Å². The number of carbonyl (C=O) groups excluding carboxylic acids is 2. The number of anilines is 2. The van der Waals surface area contributed by atoms with Crippen molar-refractivity contribution in [1.29, 1.82) is 0 Å². The maximum Gasteiger partial charge on any atom is 0.251 e. The molecular weight excluding hydrogens is 520 g/mol. The monoisotopic (exact) mass is 550 g/mol. The average molecular weight is 551 g/mol. The molecule has 0 bridgehead atoms. The van der Waals surface area contributed by atoms with Crippen molar-refractivity contribution in [2.24, 2.45) is 5.92 Å². The van der Waals surface area contributed by atoms with E-state index in [-0.39, 0.29) is 11.7 Å². The molecule has 0 aliphatic carbocycles. The fraction of sp³-hybridized carbons (Fsp3) is 0.286. The van der Waals surface area contributed by atoms with Gasteiger partial charge in [0, 0.05) is 37.4 Å². The van der Waals surface area contributed by atoms with Crippen LogP contribution in [0.2, 0.25) is 0 Å². The lowest BCUT2D eigenvalue weighted by atomic mass is 10.0. The van der Waals surface area contributed by atoms with Gasteiger partial charge < -0.3 is 19.9 Å². The number of carbonyl (C=O) groups is 2. The normalized spacial score (nSPS) is 19.7. The van der Waals surface area contributed by atoms with Crippen LogP contribution < -0.4 is 25.3 Å². The number of nitrogens with zero attached hydrogens (tertiary/aromatic N) is 2. The summed E-state index contributed by atoms with van der Waals surface area (Å²) < 4.78 is 30.1. The van der Waals surface area contributed by atoms with Crippen LogP contribution in [0.5, 0.6) is 5.75 Å². The number of amides is 2. The topological polar surface area (TPSA) is 128 Å². The van der Waals surface area contributed by atoms with Crippen LogP contribution in [0.1, 0.15) is 15.9 Å². The molecule has 2 amide bonds. The Bertz CT molecular complexity index is 1460. The van der Waals surface area contributed by atoms with Gasteiger partial charge in [0.15, 0.2) is 9.84 Å². The van der Waals surface area contributed by atoms with E-state index in [4.69, 9.17) is 4.74 Å². The van der Waals surface area contributed by atoms with Crippen molar-refractivity contribution >= 4 is 33.0 Å². The van der Waals surface area contributed by atoms with Crippen molar-refractivity contribution in [1.82, 2.24) is 10.8 Å². The van der Waals surface area contributed by atoms with E-state index in [1.165, 1.54) is 0 Å². The van der Waals surface area contributed by atoms with Crippen LogP contribution in [0.3, 0.4) is 0 Å². The Morgan fingerprint density at radius 3 is 2.41 bits per heavy atom. The first kappa shape index (κ1) is 26.5. The number of nitrogens with one attached hydrogen (secondary N) is 2. The summed E-state index contributed by atoms with van der Waals surface area (Å²) in [5.41, 5.74) is 4.65. The smallest absolute Gasteiger partial charge is 0.251 e. The van der Waals surface area contributed by atoms with Crippen molar-refractivity contribution in [3.8, 4) is 5.75 Å². The molecule has 3 aromatic carbocycles. The predicted octanol–water partition coefficient (Wildman–Crippen LogP) is 2.23. The number of benzene rings is 3. The average Bonchev–Trinajstić information content (AvgIpc) is 3.38. The molecule has 0 unspecified atom stereocenters. The second kappa shape index (κ2) is 11.0. The van der Waals surface area contributed by atoms with E-state index in [9.17, 15) is 23.2 Å². The molecule has 2 atom stereocenters. The van der Waals surface area contributed by atoms with Crippen LogP contribution in [0, 0.1) is 5.92 Å². The number of hydrogen-bond acceptors (Lipinski definition) is 8. The van der Waals surface area contributed by atoms with Crippen molar-refractivity contribution in [2.75, 3.05) is 42.3 Å². The minimum Gasteiger partial charge on any atom is -0.497 e. The SMILES string of the molecule is COc1ccc(N2C[C@H](C(=O)NO)[C@H](NC(=O)c3ccc(CN4CCS(=O)(=O)c5ccccc54)cc3)C2)cc1. The highest BCUT2D eigenvalue weighted by Crippen LogP contribution is 2.31. The van der Waals surface area contributed by atoms with Crippen molar-refractivity contribution < 1.29 is 28.0 Å². The zero-order valence-corrected chi connectivity index (χ0v) is 22.2. The van der Waals surface area contributed by atoms with E-state index >= 15 is 0 Å². The first-order valence-corrected chi connectivity index (χ1v) is 14.2. The Labute approximate surface area is 227 Å². The lowest BCUT2D eigenvalue weighted by Gasteiger charge is -2.31. The molecule has 1 saturated heterocycles. The Morgan fingerprint density at radius 2 is 1.72 bits per heavy atom. The van der Waals surface area contributed by atoms with E-state index in [0.717, 1.165) is 11.3 Å². The van der Waals surface area contributed by atoms with Gasteiger partial charge in [-0.3, -0.25) is 14.8 Å². The van der Waals surface area contributed by atoms with Crippen LogP contribution in [-0.2, 0) is 21.2 Å². The fourth-order valence-corrected chi connectivity index (χ4v) is 6.62. The van der Waals surface area contributed by atoms with Crippen LogP contribution in [0.4, 0.5) is 11.4 Å². The summed E-state index contributed by atoms with van der Waals surface area (Å²) in [6, 6.07) is 21.0. The number of sulfone groups is 1. The van der Waals surface area contributed by atoms with Gasteiger partial charge in [-0.25, -0.2) is 13.9 Å². The fourth-order valence-electron chi connectivity index (χ4n) is 5.14. The third-order valence-corrected chi connectivity index (χ3v) is 9.02. The minimum absolute atomic E-state index is 0.0576. The van der Waals surface area contributed by atoms with E-state index in [1.54, 1.807) is 36.9 Å². The van der Waals surface area contributed by atoms with Crippen LogP contribution in [0.15, 0.2) is 77.7 Å². The van der Waals surface area contributed by atoms with Crippen LogP contribution >= 0.6 is 0 Å². The molecule has 2 aliphatic rings. The molecule has 5 rings (SSSR count). The second-order valence-electron chi connectivity index (χ2n) is 9.67. The molecule has 11 heteroatoms. The van der Waals surface area contributed by atoms with Crippen LogP contribution in [0.25, 0.3) is 0 Å². The van der Waals surface area contributed by atoms with Gasteiger partial charge in [-0.15, -0.1) is 0 Å². The molecule has 1 fully saturated rings. The summed E-state index contributed by atoms with van der Waals surface area (Å²) in [6.45, 7) is 1.62. The summed E-state index contributed by atoms with van der Waals surface area (Å²) in [5, 5.41) is 12.2. The molecule has 10 nitrogen and oxygen atoms in total. The van der Waals surface area contributed by atoms with Gasteiger partial charge in [-0.1, -0.05) is 24.3 Å². The van der Waals surface area contributed by atoms with Crippen molar-refractivity contribution in [2.45, 2.75) is 17.5 Å². The van der Waals surface area contributed by atoms with Gasteiger partial charge in [-0.2, -0.15) is 0 Å². The molecule has 0 saturated carbocycles. The highest BCUT2D eigenvalue weighted by molar-refractivity contribution is 7.91. The van der Waals surface area contributed by atoms with Crippen molar-refractivity contribution in [3.05, 3.63) is 83.9 Å². The van der Waals surface area contributed by atoms with E-state index in [1.807, 2.05) is 58.3 Å². The molecular formula is C28H30N4O6S. The zero-order chi connectivity index (χ0) is 27.6. The molecule has 0 aromatic heterocycles. The van der Waals surface area contributed by atoms with E-state index in [0.29, 0.717) is 48.1 Å². The van der Waals surface area contributed by atoms with Gasteiger partial charge >= 0.3 is 0 Å². The number of para-hydroxylation sites is 1. The second-order valence-corrected chi connectivity index (χ2v) is 11.7. The highest BCUT2D eigenvalue weighted by atomic mass is 32.2. The molecule has 39 heavy (non-hydrogen) atoms. The molecule has 0 spiro atoms. The molecule has 3 N–H and O–H groups in total. The summed E-state index contributed by atoms with van der Waals surface area (Å²) in [6.07, 6.45) is 0. The standard InChI is InChI=1S/C28H30N4O6S/c1-38-22-12-10-21(11-13-22)32-17-23(28(34)30-35)24(18-32)29-27(33)20-8-6-19(7-9-20)16-31-14-15-39(36,37)26-5-3-2-4-25(26)31/h2-13,23-24,35H,14-18H2,1H3,(H,29,33)(H,30,34)/t23-,24+/m0/s1. The Kier molecular flexibility index (Phi) is 7.45. The molecule has 0 radical (unpaired) electrons. The lowest BCUT2D eigenvalue weighted by Crippen LogP contribution is -2.45. The van der Waals surface area contributed by atoms with Crippen LogP contribution in [-0.4, -0.2) is 64.0 Å². The van der Waals surface area contributed by atoms with Gasteiger partial charge in [0.2, 0.25) is 5.91 Å². The molecule has 204 valence electrons.